The molecule has 0 amide bonds. The zero-order valence-electron chi connectivity index (χ0n) is 14.5. The van der Waals surface area contributed by atoms with Crippen LogP contribution < -0.4 is 0 Å². The van der Waals surface area contributed by atoms with Crippen LogP contribution in [0.2, 0.25) is 0 Å². The normalized spacial score (nSPS) is 19.3. The molecular weight excluding hydrogens is 260 g/mol. The molecule has 1 saturated carbocycles. The minimum atomic E-state index is -0.0679. The Hall–Kier alpha value is -0.860. The van der Waals surface area contributed by atoms with Crippen molar-refractivity contribution in [2.75, 3.05) is 0 Å². The number of aromatic nitrogens is 2. The number of hydrogen-bond donors (Lipinski definition) is 0. The van der Waals surface area contributed by atoms with Crippen molar-refractivity contribution in [3.63, 3.8) is 0 Å². The van der Waals surface area contributed by atoms with E-state index >= 15 is 0 Å². The van der Waals surface area contributed by atoms with Gasteiger partial charge in [0.25, 0.3) is 0 Å². The van der Waals surface area contributed by atoms with Crippen LogP contribution in [0.5, 0.6) is 0 Å². The zero-order chi connectivity index (χ0) is 15.5. The van der Waals surface area contributed by atoms with Gasteiger partial charge in [-0.25, -0.2) is 0 Å². The molecular formula is C18H32N2O. The molecule has 2 rings (SSSR count). The Bertz CT molecular complexity index is 434. The molecule has 0 aromatic carbocycles. The van der Waals surface area contributed by atoms with Crippen molar-refractivity contribution in [1.82, 2.24) is 10.2 Å². The van der Waals surface area contributed by atoms with E-state index in [9.17, 15) is 0 Å². The summed E-state index contributed by atoms with van der Waals surface area (Å²) in [6.07, 6.45) is 10.9. The van der Waals surface area contributed by atoms with Gasteiger partial charge in [-0.05, 0) is 12.3 Å². The predicted molar refractivity (Wildman–Crippen MR) is 86.5 cm³/mol. The van der Waals surface area contributed by atoms with E-state index in [1.54, 1.807) is 0 Å². The monoisotopic (exact) mass is 292 g/mol. The summed E-state index contributed by atoms with van der Waals surface area (Å²) in [5.41, 5.74) is -0.0814. The lowest BCUT2D eigenvalue weighted by Crippen LogP contribution is -2.23. The van der Waals surface area contributed by atoms with Gasteiger partial charge in [0.1, 0.15) is 0 Å². The maximum absolute atomic E-state index is 5.99. The van der Waals surface area contributed by atoms with Crippen LogP contribution in [0.25, 0.3) is 0 Å². The first-order valence-electron chi connectivity index (χ1n) is 8.63. The molecule has 0 saturated heterocycles. The fourth-order valence-corrected chi connectivity index (χ4v) is 3.35. The van der Waals surface area contributed by atoms with E-state index in [1.807, 2.05) is 0 Å². The first kappa shape index (κ1) is 16.5. The van der Waals surface area contributed by atoms with Crippen LogP contribution in [-0.4, -0.2) is 10.2 Å². The van der Waals surface area contributed by atoms with E-state index in [-0.39, 0.29) is 10.8 Å². The molecule has 1 aromatic heterocycles. The first-order chi connectivity index (χ1) is 9.79. The molecule has 3 nitrogen and oxygen atoms in total. The summed E-state index contributed by atoms with van der Waals surface area (Å²) in [6.45, 7) is 10.9. The van der Waals surface area contributed by atoms with Crippen LogP contribution in [0.4, 0.5) is 0 Å². The van der Waals surface area contributed by atoms with Gasteiger partial charge < -0.3 is 4.42 Å². The van der Waals surface area contributed by atoms with Gasteiger partial charge in [-0.1, -0.05) is 79.6 Å². The van der Waals surface area contributed by atoms with Crippen molar-refractivity contribution in [3.8, 4) is 0 Å². The van der Waals surface area contributed by atoms with Crippen LogP contribution in [0.3, 0.4) is 0 Å². The first-order valence-corrected chi connectivity index (χ1v) is 8.63. The summed E-state index contributed by atoms with van der Waals surface area (Å²) in [6, 6.07) is 0. The van der Waals surface area contributed by atoms with Crippen molar-refractivity contribution in [1.29, 1.82) is 0 Å². The van der Waals surface area contributed by atoms with Crippen LogP contribution in [0.15, 0.2) is 4.42 Å². The molecule has 0 atom stereocenters. The smallest absolute Gasteiger partial charge is 0.222 e. The molecule has 0 bridgehead atoms. The Morgan fingerprint density at radius 2 is 1.38 bits per heavy atom. The molecule has 3 heteroatoms. The van der Waals surface area contributed by atoms with Crippen molar-refractivity contribution in [2.24, 2.45) is 5.92 Å². The van der Waals surface area contributed by atoms with E-state index in [0.29, 0.717) is 0 Å². The second-order valence-electron chi connectivity index (χ2n) is 8.46. The highest BCUT2D eigenvalue weighted by atomic mass is 16.4. The Morgan fingerprint density at radius 3 is 1.90 bits per heavy atom. The summed E-state index contributed by atoms with van der Waals surface area (Å²) >= 11 is 0. The van der Waals surface area contributed by atoms with Gasteiger partial charge in [0, 0.05) is 10.8 Å². The average molecular weight is 292 g/mol. The number of hydrogen-bond acceptors (Lipinski definition) is 3. The largest absolute Gasteiger partial charge is 0.424 e. The summed E-state index contributed by atoms with van der Waals surface area (Å²) in [5, 5.41) is 8.61. The standard InChI is InChI=1S/C18H32N2O/c1-17(2,3)15-19-20-16(21-15)18(4,5)13-14-11-9-7-6-8-10-12-14/h14H,6-13H2,1-5H3. The van der Waals surface area contributed by atoms with Gasteiger partial charge in [0.15, 0.2) is 0 Å². The van der Waals surface area contributed by atoms with Crippen LogP contribution in [0, 0.1) is 5.92 Å². The summed E-state index contributed by atoms with van der Waals surface area (Å²) in [4.78, 5) is 0. The minimum Gasteiger partial charge on any atom is -0.424 e. The van der Waals surface area contributed by atoms with Crippen molar-refractivity contribution >= 4 is 0 Å². The highest BCUT2D eigenvalue weighted by molar-refractivity contribution is 5.03. The van der Waals surface area contributed by atoms with Crippen LogP contribution >= 0.6 is 0 Å². The van der Waals surface area contributed by atoms with Crippen LogP contribution in [-0.2, 0) is 10.8 Å². The van der Waals surface area contributed by atoms with E-state index in [4.69, 9.17) is 4.42 Å². The third-order valence-electron chi connectivity index (χ3n) is 4.67. The van der Waals surface area contributed by atoms with Crippen molar-refractivity contribution in [2.45, 2.75) is 96.8 Å². The average Bonchev–Trinajstić information content (AvgIpc) is 2.82. The van der Waals surface area contributed by atoms with Crippen LogP contribution in [0.1, 0.15) is 97.8 Å². The molecule has 1 fully saturated rings. The molecule has 21 heavy (non-hydrogen) atoms. The second kappa shape index (κ2) is 6.50. The highest BCUT2D eigenvalue weighted by Gasteiger charge is 2.32. The maximum atomic E-state index is 5.99. The van der Waals surface area contributed by atoms with Gasteiger partial charge in [0.2, 0.25) is 11.8 Å². The molecule has 1 aliphatic carbocycles. The quantitative estimate of drug-likeness (QED) is 0.749. The summed E-state index contributed by atoms with van der Waals surface area (Å²) < 4.78 is 5.99. The Morgan fingerprint density at radius 1 is 0.857 bits per heavy atom. The molecule has 1 aromatic rings. The number of nitrogens with zero attached hydrogens (tertiary/aromatic N) is 2. The molecule has 1 heterocycles. The molecule has 0 N–H and O–H groups in total. The Kier molecular flexibility index (Phi) is 5.11. The summed E-state index contributed by atoms with van der Waals surface area (Å²) in [7, 11) is 0. The fourth-order valence-electron chi connectivity index (χ4n) is 3.35. The Balaban J connectivity index is 2.04. The molecule has 0 radical (unpaired) electrons. The molecule has 0 unspecified atom stereocenters. The van der Waals surface area contributed by atoms with E-state index in [2.05, 4.69) is 44.8 Å². The van der Waals surface area contributed by atoms with Gasteiger partial charge in [-0.15, -0.1) is 10.2 Å². The third-order valence-corrected chi connectivity index (χ3v) is 4.67. The SMILES string of the molecule is CC(C)(C)c1nnc(C(C)(C)CC2CCCCCCC2)o1. The lowest BCUT2D eigenvalue weighted by atomic mass is 9.77. The van der Waals surface area contributed by atoms with Crippen molar-refractivity contribution < 1.29 is 4.42 Å². The fraction of sp³-hybridized carbons (Fsp3) is 0.889. The van der Waals surface area contributed by atoms with E-state index < -0.39 is 0 Å². The second-order valence-corrected chi connectivity index (χ2v) is 8.46. The van der Waals surface area contributed by atoms with Gasteiger partial charge in [-0.2, -0.15) is 0 Å². The molecule has 1 aliphatic rings. The van der Waals surface area contributed by atoms with Gasteiger partial charge in [-0.3, -0.25) is 0 Å². The lowest BCUT2D eigenvalue weighted by molar-refractivity contribution is 0.249. The molecule has 120 valence electrons. The Labute approximate surface area is 129 Å². The maximum Gasteiger partial charge on any atom is 0.222 e. The lowest BCUT2D eigenvalue weighted by Gasteiger charge is -2.28. The minimum absolute atomic E-state index is 0.0135. The number of rotatable bonds is 3. The topological polar surface area (TPSA) is 38.9 Å². The van der Waals surface area contributed by atoms with E-state index in [0.717, 1.165) is 17.7 Å². The molecule has 0 aliphatic heterocycles. The van der Waals surface area contributed by atoms with Gasteiger partial charge >= 0.3 is 0 Å². The summed E-state index contributed by atoms with van der Waals surface area (Å²) in [5.74, 6) is 2.38. The predicted octanol–water partition coefficient (Wildman–Crippen LogP) is 5.40. The third kappa shape index (κ3) is 4.55. The van der Waals surface area contributed by atoms with Gasteiger partial charge in [0.05, 0.1) is 0 Å². The van der Waals surface area contributed by atoms with Crippen molar-refractivity contribution in [3.05, 3.63) is 11.8 Å². The highest BCUT2D eigenvalue weighted by Crippen LogP contribution is 2.36. The van der Waals surface area contributed by atoms with E-state index in [1.165, 1.54) is 51.4 Å². The zero-order valence-corrected chi connectivity index (χ0v) is 14.5. The molecule has 0 spiro atoms.